The second-order valence-corrected chi connectivity index (χ2v) is 4.31. The van der Waals surface area contributed by atoms with Crippen molar-refractivity contribution in [3.8, 4) is 0 Å². The van der Waals surface area contributed by atoms with Crippen LogP contribution in [0.15, 0.2) is 0 Å². The highest BCUT2D eigenvalue weighted by atomic mass is 16.5. The fourth-order valence-corrected chi connectivity index (χ4v) is 2.15. The van der Waals surface area contributed by atoms with Crippen LogP contribution < -0.4 is 0 Å². The first-order valence-corrected chi connectivity index (χ1v) is 6.05. The smallest absolute Gasteiger partial charge is 0.409 e. The number of likely N-dealkylation sites (tertiary alicyclic amines) is 1. The Morgan fingerprint density at radius 1 is 1.50 bits per heavy atom. The number of hydrogen-bond donors (Lipinski definition) is 0. The summed E-state index contributed by atoms with van der Waals surface area (Å²) >= 11 is 0. The molecule has 0 aromatic heterocycles. The molecule has 1 amide bonds. The Kier molecular flexibility index (Phi) is 5.29. The van der Waals surface area contributed by atoms with Crippen molar-refractivity contribution in [1.82, 2.24) is 4.90 Å². The van der Waals surface area contributed by atoms with Crippen molar-refractivity contribution in [3.05, 3.63) is 0 Å². The number of amides is 1. The molecule has 0 aliphatic carbocycles. The number of unbranched alkanes of at least 4 members (excludes halogenated alkanes) is 2. The maximum absolute atomic E-state index is 11.5. The first-order valence-electron chi connectivity index (χ1n) is 6.05. The molecule has 0 N–H and O–H groups in total. The number of ketones is 1. The molecule has 0 radical (unpaired) electrons. The molecule has 0 aromatic carbocycles. The van der Waals surface area contributed by atoms with Crippen LogP contribution in [-0.2, 0) is 9.53 Å². The molecule has 4 nitrogen and oxygen atoms in total. The van der Waals surface area contributed by atoms with Gasteiger partial charge in [-0.2, -0.15) is 0 Å². The van der Waals surface area contributed by atoms with Gasteiger partial charge in [0, 0.05) is 25.4 Å². The monoisotopic (exact) mass is 227 g/mol. The van der Waals surface area contributed by atoms with Crippen LogP contribution in [0.5, 0.6) is 0 Å². The van der Waals surface area contributed by atoms with Gasteiger partial charge in [-0.25, -0.2) is 4.79 Å². The van der Waals surface area contributed by atoms with E-state index >= 15 is 0 Å². The molecule has 4 heteroatoms. The lowest BCUT2D eigenvalue weighted by atomic mass is 9.96. The fraction of sp³-hybridized carbons (Fsp3) is 0.833. The van der Waals surface area contributed by atoms with E-state index in [-0.39, 0.29) is 17.9 Å². The predicted octanol–water partition coefficient (Wildman–Crippen LogP) is 2.37. The Morgan fingerprint density at radius 3 is 2.88 bits per heavy atom. The number of carbonyl (C=O) groups is 2. The number of rotatable bonds is 4. The standard InChI is InChI=1S/C12H21NO3/c1-3-4-5-6-10-9-11(14)7-8-13(10)12(15)16-2/h10H,3-9H2,1-2H3. The molecule has 1 fully saturated rings. The highest BCUT2D eigenvalue weighted by Crippen LogP contribution is 2.20. The zero-order valence-electron chi connectivity index (χ0n) is 10.2. The molecule has 0 aromatic rings. The van der Waals surface area contributed by atoms with Gasteiger partial charge in [0.25, 0.3) is 0 Å². The van der Waals surface area contributed by atoms with E-state index in [0.29, 0.717) is 19.4 Å². The topological polar surface area (TPSA) is 46.6 Å². The highest BCUT2D eigenvalue weighted by molar-refractivity contribution is 5.82. The first-order chi connectivity index (χ1) is 7.69. The number of hydrogen-bond acceptors (Lipinski definition) is 3. The molecule has 16 heavy (non-hydrogen) atoms. The van der Waals surface area contributed by atoms with E-state index in [9.17, 15) is 9.59 Å². The average Bonchev–Trinajstić information content (AvgIpc) is 2.29. The number of piperidine rings is 1. The normalized spacial score (nSPS) is 21.0. The van der Waals surface area contributed by atoms with Crippen molar-refractivity contribution in [3.63, 3.8) is 0 Å². The zero-order chi connectivity index (χ0) is 12.0. The molecule has 1 aliphatic rings. The lowest BCUT2D eigenvalue weighted by Crippen LogP contribution is -2.46. The molecule has 1 heterocycles. The van der Waals surface area contributed by atoms with Gasteiger partial charge in [-0.1, -0.05) is 26.2 Å². The SMILES string of the molecule is CCCCCC1CC(=O)CCN1C(=O)OC. The van der Waals surface area contributed by atoms with Crippen molar-refractivity contribution in [2.75, 3.05) is 13.7 Å². The van der Waals surface area contributed by atoms with E-state index in [4.69, 9.17) is 4.74 Å². The molecule has 1 rings (SSSR count). The van der Waals surface area contributed by atoms with Crippen LogP contribution >= 0.6 is 0 Å². The van der Waals surface area contributed by atoms with Gasteiger partial charge in [0.05, 0.1) is 7.11 Å². The van der Waals surface area contributed by atoms with E-state index in [1.165, 1.54) is 7.11 Å². The Labute approximate surface area is 96.9 Å². The Hall–Kier alpha value is -1.06. The van der Waals surface area contributed by atoms with Crippen LogP contribution in [0.2, 0.25) is 0 Å². The minimum atomic E-state index is -0.297. The third-order valence-electron chi connectivity index (χ3n) is 3.09. The number of ether oxygens (including phenoxy) is 1. The molecule has 0 spiro atoms. The second kappa shape index (κ2) is 6.51. The van der Waals surface area contributed by atoms with Crippen LogP contribution in [0.1, 0.15) is 45.4 Å². The highest BCUT2D eigenvalue weighted by Gasteiger charge is 2.30. The molecular formula is C12H21NO3. The van der Waals surface area contributed by atoms with Gasteiger partial charge in [-0.15, -0.1) is 0 Å². The maximum Gasteiger partial charge on any atom is 0.409 e. The van der Waals surface area contributed by atoms with Crippen molar-refractivity contribution in [2.45, 2.75) is 51.5 Å². The molecule has 92 valence electrons. The summed E-state index contributed by atoms with van der Waals surface area (Å²) < 4.78 is 4.74. The van der Waals surface area contributed by atoms with Crippen LogP contribution in [0.25, 0.3) is 0 Å². The zero-order valence-corrected chi connectivity index (χ0v) is 10.2. The Balaban J connectivity index is 2.51. The second-order valence-electron chi connectivity index (χ2n) is 4.31. The summed E-state index contributed by atoms with van der Waals surface area (Å²) in [5.41, 5.74) is 0. The third kappa shape index (κ3) is 3.51. The van der Waals surface area contributed by atoms with E-state index in [1.807, 2.05) is 0 Å². The lowest BCUT2D eigenvalue weighted by Gasteiger charge is -2.33. The van der Waals surface area contributed by atoms with Crippen LogP contribution in [0.4, 0.5) is 4.79 Å². The fourth-order valence-electron chi connectivity index (χ4n) is 2.15. The van der Waals surface area contributed by atoms with Gasteiger partial charge < -0.3 is 9.64 Å². The summed E-state index contributed by atoms with van der Waals surface area (Å²) in [7, 11) is 1.39. The van der Waals surface area contributed by atoms with Crippen LogP contribution in [0.3, 0.4) is 0 Å². The van der Waals surface area contributed by atoms with Gasteiger partial charge in [-0.05, 0) is 6.42 Å². The molecule has 0 saturated carbocycles. The van der Waals surface area contributed by atoms with Gasteiger partial charge >= 0.3 is 6.09 Å². The van der Waals surface area contributed by atoms with Crippen molar-refractivity contribution >= 4 is 11.9 Å². The lowest BCUT2D eigenvalue weighted by molar-refractivity contribution is -0.122. The van der Waals surface area contributed by atoms with Crippen LogP contribution in [-0.4, -0.2) is 36.5 Å². The van der Waals surface area contributed by atoms with Gasteiger partial charge in [0.15, 0.2) is 0 Å². The largest absolute Gasteiger partial charge is 0.453 e. The number of nitrogens with zero attached hydrogens (tertiary/aromatic N) is 1. The number of methoxy groups -OCH3 is 1. The van der Waals surface area contributed by atoms with E-state index < -0.39 is 0 Å². The molecule has 0 bridgehead atoms. The summed E-state index contributed by atoms with van der Waals surface area (Å²) in [6.07, 6.45) is 4.96. The quantitative estimate of drug-likeness (QED) is 0.693. The number of Topliss-reactive ketones (excluding diaryl/α,β-unsaturated/α-hetero) is 1. The van der Waals surface area contributed by atoms with E-state index in [2.05, 4.69) is 6.92 Å². The van der Waals surface area contributed by atoms with Crippen LogP contribution in [0, 0.1) is 0 Å². The Bertz CT molecular complexity index is 253. The summed E-state index contributed by atoms with van der Waals surface area (Å²) in [6, 6.07) is 0.0558. The molecule has 1 unspecified atom stereocenters. The minimum Gasteiger partial charge on any atom is -0.453 e. The van der Waals surface area contributed by atoms with Gasteiger partial charge in [0.1, 0.15) is 5.78 Å². The van der Waals surface area contributed by atoms with Gasteiger partial charge in [0.2, 0.25) is 0 Å². The average molecular weight is 227 g/mol. The summed E-state index contributed by atoms with van der Waals surface area (Å²) in [5, 5.41) is 0. The Morgan fingerprint density at radius 2 is 2.25 bits per heavy atom. The molecule has 1 atom stereocenters. The summed E-state index contributed by atoms with van der Waals surface area (Å²) in [4.78, 5) is 24.6. The van der Waals surface area contributed by atoms with Crippen molar-refractivity contribution < 1.29 is 14.3 Å². The third-order valence-corrected chi connectivity index (χ3v) is 3.09. The predicted molar refractivity (Wildman–Crippen MR) is 61.3 cm³/mol. The molecule has 1 saturated heterocycles. The van der Waals surface area contributed by atoms with E-state index in [1.54, 1.807) is 4.90 Å². The maximum atomic E-state index is 11.5. The summed E-state index contributed by atoms with van der Waals surface area (Å²) in [5.74, 6) is 0.265. The van der Waals surface area contributed by atoms with E-state index in [0.717, 1.165) is 25.7 Å². The molecule has 1 aliphatic heterocycles. The summed E-state index contributed by atoms with van der Waals surface area (Å²) in [6.45, 7) is 2.66. The van der Waals surface area contributed by atoms with Crippen molar-refractivity contribution in [2.24, 2.45) is 0 Å². The minimum absolute atomic E-state index is 0.0558. The van der Waals surface area contributed by atoms with Crippen molar-refractivity contribution in [1.29, 1.82) is 0 Å². The van der Waals surface area contributed by atoms with Gasteiger partial charge in [-0.3, -0.25) is 4.79 Å². The first kappa shape index (κ1) is 13.0. The number of carbonyl (C=O) groups excluding carboxylic acids is 2. The molecular weight excluding hydrogens is 206 g/mol.